The molecule has 0 bridgehead atoms. The maximum Gasteiger partial charge on any atom is 0.123 e. The van der Waals surface area contributed by atoms with Crippen LogP contribution in [-0.4, -0.2) is 7.05 Å². The topological polar surface area (TPSA) is 12.0 Å². The third-order valence-electron chi connectivity index (χ3n) is 3.40. The van der Waals surface area contributed by atoms with Crippen molar-refractivity contribution in [3.8, 4) is 0 Å². The van der Waals surface area contributed by atoms with Crippen LogP contribution in [0.4, 0.5) is 4.39 Å². The van der Waals surface area contributed by atoms with Crippen LogP contribution in [0.5, 0.6) is 0 Å². The van der Waals surface area contributed by atoms with Gasteiger partial charge in [0, 0.05) is 8.95 Å². The fourth-order valence-electron chi connectivity index (χ4n) is 2.57. The van der Waals surface area contributed by atoms with Crippen LogP contribution >= 0.6 is 31.9 Å². The largest absolute Gasteiger partial charge is 0.309 e. The number of hydrogen-bond acceptors (Lipinski definition) is 1. The van der Waals surface area contributed by atoms with Crippen molar-refractivity contribution in [2.24, 2.45) is 0 Å². The summed E-state index contributed by atoms with van der Waals surface area (Å²) in [6, 6.07) is 9.26. The van der Waals surface area contributed by atoms with E-state index in [0.29, 0.717) is 0 Å². The molecular formula is C16H16Br2FN. The highest BCUT2D eigenvalue weighted by atomic mass is 79.9. The van der Waals surface area contributed by atoms with Crippen LogP contribution in [0.2, 0.25) is 0 Å². The zero-order valence-corrected chi connectivity index (χ0v) is 14.8. The van der Waals surface area contributed by atoms with Gasteiger partial charge in [-0.3, -0.25) is 0 Å². The molecule has 20 heavy (non-hydrogen) atoms. The number of nitrogens with one attached hydrogen (secondary N) is 1. The van der Waals surface area contributed by atoms with Crippen LogP contribution in [0, 0.1) is 19.7 Å². The maximum atomic E-state index is 13.5. The van der Waals surface area contributed by atoms with Gasteiger partial charge in [-0.05, 0) is 73.5 Å². The first kappa shape index (κ1) is 15.7. The number of aryl methyl sites for hydroxylation is 2. The van der Waals surface area contributed by atoms with E-state index in [9.17, 15) is 4.39 Å². The summed E-state index contributed by atoms with van der Waals surface area (Å²) in [5, 5.41) is 3.33. The normalized spacial score (nSPS) is 12.5. The van der Waals surface area contributed by atoms with Gasteiger partial charge in [0.25, 0.3) is 0 Å². The fourth-order valence-corrected chi connectivity index (χ4v) is 3.42. The smallest absolute Gasteiger partial charge is 0.123 e. The Labute approximate surface area is 135 Å². The molecule has 4 heteroatoms. The molecule has 0 saturated heterocycles. The zero-order chi connectivity index (χ0) is 14.9. The summed E-state index contributed by atoms with van der Waals surface area (Å²) in [5.74, 6) is -0.188. The molecule has 2 aromatic rings. The number of rotatable bonds is 3. The van der Waals surface area contributed by atoms with E-state index in [0.717, 1.165) is 31.2 Å². The molecule has 106 valence electrons. The highest BCUT2D eigenvalue weighted by Gasteiger charge is 2.19. The lowest BCUT2D eigenvalue weighted by Gasteiger charge is -2.23. The molecule has 2 rings (SSSR count). The summed E-state index contributed by atoms with van der Waals surface area (Å²) < 4.78 is 15.5. The van der Waals surface area contributed by atoms with Crippen LogP contribution in [0.3, 0.4) is 0 Å². The van der Waals surface area contributed by atoms with E-state index in [4.69, 9.17) is 0 Å². The highest BCUT2D eigenvalue weighted by Crippen LogP contribution is 2.34. The molecule has 0 aliphatic rings. The van der Waals surface area contributed by atoms with E-state index in [1.165, 1.54) is 0 Å². The average molecular weight is 401 g/mol. The molecule has 1 N–H and O–H groups in total. The van der Waals surface area contributed by atoms with Crippen molar-refractivity contribution in [3.63, 3.8) is 0 Å². The Morgan fingerprint density at radius 3 is 2.20 bits per heavy atom. The summed E-state index contributed by atoms with van der Waals surface area (Å²) in [7, 11) is 1.92. The minimum atomic E-state index is -0.188. The zero-order valence-electron chi connectivity index (χ0n) is 11.6. The van der Waals surface area contributed by atoms with Gasteiger partial charge in [0.15, 0.2) is 0 Å². The monoisotopic (exact) mass is 399 g/mol. The van der Waals surface area contributed by atoms with E-state index >= 15 is 0 Å². The van der Waals surface area contributed by atoms with Crippen LogP contribution in [0.15, 0.2) is 39.3 Å². The van der Waals surface area contributed by atoms with E-state index in [1.807, 2.05) is 33.0 Å². The minimum Gasteiger partial charge on any atom is -0.309 e. The number of hydrogen-bond donors (Lipinski definition) is 1. The average Bonchev–Trinajstić information content (AvgIpc) is 2.37. The lowest BCUT2D eigenvalue weighted by Crippen LogP contribution is -2.20. The molecule has 0 fully saturated rings. The van der Waals surface area contributed by atoms with Crippen molar-refractivity contribution in [1.82, 2.24) is 5.32 Å². The van der Waals surface area contributed by atoms with Gasteiger partial charge in [-0.25, -0.2) is 4.39 Å². The van der Waals surface area contributed by atoms with Crippen LogP contribution in [0.25, 0.3) is 0 Å². The molecular weight excluding hydrogens is 385 g/mol. The predicted molar refractivity (Wildman–Crippen MR) is 88.6 cm³/mol. The maximum absolute atomic E-state index is 13.5. The third-order valence-corrected chi connectivity index (χ3v) is 4.62. The Kier molecular flexibility index (Phi) is 4.99. The van der Waals surface area contributed by atoms with Crippen LogP contribution in [0.1, 0.15) is 28.3 Å². The second kappa shape index (κ2) is 6.37. The first-order valence-corrected chi connectivity index (χ1v) is 7.91. The number of benzene rings is 2. The van der Waals surface area contributed by atoms with Crippen molar-refractivity contribution >= 4 is 31.9 Å². The quantitative estimate of drug-likeness (QED) is 0.739. The summed E-state index contributed by atoms with van der Waals surface area (Å²) in [6.07, 6.45) is 0. The van der Waals surface area contributed by atoms with Crippen molar-refractivity contribution in [1.29, 1.82) is 0 Å². The van der Waals surface area contributed by atoms with Gasteiger partial charge in [0.05, 0.1) is 6.04 Å². The fraction of sp³-hybridized carbons (Fsp3) is 0.250. The van der Waals surface area contributed by atoms with Gasteiger partial charge in [-0.15, -0.1) is 0 Å². The van der Waals surface area contributed by atoms with E-state index in [1.54, 1.807) is 12.1 Å². The Morgan fingerprint density at radius 2 is 1.65 bits per heavy atom. The molecule has 2 aromatic carbocycles. The second-order valence-electron chi connectivity index (χ2n) is 4.84. The molecule has 0 aromatic heterocycles. The summed E-state index contributed by atoms with van der Waals surface area (Å²) >= 11 is 7.10. The molecule has 0 saturated carbocycles. The molecule has 0 aliphatic carbocycles. The summed E-state index contributed by atoms with van der Waals surface area (Å²) in [6.45, 7) is 3.89. The lowest BCUT2D eigenvalue weighted by atomic mass is 9.91. The standard InChI is InChI=1S/C16H16Br2FN/c1-9-6-12(19)7-10(2)15(9)16(20-3)13-8-11(17)4-5-14(13)18/h4-8,16,20H,1-3H3. The van der Waals surface area contributed by atoms with Crippen LogP contribution in [-0.2, 0) is 0 Å². The first-order valence-electron chi connectivity index (χ1n) is 6.33. The van der Waals surface area contributed by atoms with E-state index in [2.05, 4.69) is 43.2 Å². The molecule has 1 nitrogen and oxygen atoms in total. The van der Waals surface area contributed by atoms with Crippen molar-refractivity contribution < 1.29 is 4.39 Å². The van der Waals surface area contributed by atoms with Gasteiger partial charge in [0.2, 0.25) is 0 Å². The van der Waals surface area contributed by atoms with Gasteiger partial charge >= 0.3 is 0 Å². The van der Waals surface area contributed by atoms with Gasteiger partial charge in [-0.2, -0.15) is 0 Å². The van der Waals surface area contributed by atoms with Crippen LogP contribution < -0.4 is 5.32 Å². The second-order valence-corrected chi connectivity index (χ2v) is 6.61. The van der Waals surface area contributed by atoms with Crippen molar-refractivity contribution in [2.75, 3.05) is 7.05 Å². The Bertz CT molecular complexity index is 617. The van der Waals surface area contributed by atoms with Gasteiger partial charge < -0.3 is 5.32 Å². The summed E-state index contributed by atoms with van der Waals surface area (Å²) in [4.78, 5) is 0. The molecule has 0 radical (unpaired) electrons. The molecule has 0 spiro atoms. The van der Waals surface area contributed by atoms with Crippen molar-refractivity contribution in [2.45, 2.75) is 19.9 Å². The van der Waals surface area contributed by atoms with E-state index < -0.39 is 0 Å². The van der Waals surface area contributed by atoms with Gasteiger partial charge in [-0.1, -0.05) is 31.9 Å². The highest BCUT2D eigenvalue weighted by molar-refractivity contribution is 9.11. The molecule has 0 heterocycles. The Morgan fingerprint density at radius 1 is 1.05 bits per heavy atom. The predicted octanol–water partition coefficient (Wildman–Crippen LogP) is 5.28. The lowest BCUT2D eigenvalue weighted by molar-refractivity contribution is 0.618. The summed E-state index contributed by atoms with van der Waals surface area (Å²) in [5.41, 5.74) is 4.15. The number of halogens is 3. The Balaban J connectivity index is 2.61. The third kappa shape index (κ3) is 3.13. The molecule has 0 amide bonds. The molecule has 1 atom stereocenters. The van der Waals surface area contributed by atoms with Gasteiger partial charge in [0.1, 0.15) is 5.82 Å². The van der Waals surface area contributed by atoms with E-state index in [-0.39, 0.29) is 11.9 Å². The SMILES string of the molecule is CNC(c1cc(Br)ccc1Br)c1c(C)cc(F)cc1C. The Hall–Kier alpha value is -0.710. The molecule has 0 aliphatic heterocycles. The van der Waals surface area contributed by atoms with Crippen molar-refractivity contribution in [3.05, 3.63) is 67.3 Å². The minimum absolute atomic E-state index is 0.0162. The molecule has 1 unspecified atom stereocenters. The first-order chi connectivity index (χ1) is 9.43.